The van der Waals surface area contributed by atoms with E-state index in [1.165, 1.54) is 18.5 Å². The van der Waals surface area contributed by atoms with Gasteiger partial charge in [-0.05, 0) is 48.5 Å². The third-order valence-electron chi connectivity index (χ3n) is 5.34. The predicted octanol–water partition coefficient (Wildman–Crippen LogP) is 6.83. The molecule has 9 heteroatoms. The van der Waals surface area contributed by atoms with Crippen molar-refractivity contribution < 1.29 is 18.7 Å². The van der Waals surface area contributed by atoms with Gasteiger partial charge in [-0.15, -0.1) is 0 Å². The van der Waals surface area contributed by atoms with Gasteiger partial charge >= 0.3 is 5.97 Å². The summed E-state index contributed by atoms with van der Waals surface area (Å²) in [6.45, 7) is 0. The summed E-state index contributed by atoms with van der Waals surface area (Å²) in [5.41, 5.74) is 5.50. The van der Waals surface area contributed by atoms with Gasteiger partial charge < -0.3 is 14.1 Å². The summed E-state index contributed by atoms with van der Waals surface area (Å²) in [6.07, 6.45) is 2.79. The summed E-state index contributed by atoms with van der Waals surface area (Å²) >= 11 is 9.97. The molecule has 2 N–H and O–H groups in total. The predicted molar refractivity (Wildman–Crippen MR) is 142 cm³/mol. The van der Waals surface area contributed by atoms with E-state index in [1.54, 1.807) is 36.4 Å². The number of aromatic amines is 1. The maximum Gasteiger partial charge on any atom is 0.379 e. The molecule has 0 fully saturated rings. The second-order valence-corrected chi connectivity index (χ2v) is 8.97. The monoisotopic (exact) mass is 561 g/mol. The second kappa shape index (κ2) is 10.2. The molecule has 0 radical (unpaired) electrons. The lowest BCUT2D eigenvalue weighted by Crippen LogP contribution is -2.19. The Kier molecular flexibility index (Phi) is 6.71. The van der Waals surface area contributed by atoms with Crippen LogP contribution in [0, 0.1) is 0 Å². The number of halogens is 2. The van der Waals surface area contributed by atoms with Crippen LogP contribution in [0.3, 0.4) is 0 Å². The number of H-pyrrole nitrogens is 1. The first kappa shape index (κ1) is 23.6. The molecular weight excluding hydrogens is 546 g/mol. The molecule has 0 atom stereocenters. The Bertz CT molecular complexity index is 1610. The number of hydrogen-bond acceptors (Lipinski definition) is 5. The Morgan fingerprint density at radius 1 is 1.03 bits per heavy atom. The number of rotatable bonds is 6. The van der Waals surface area contributed by atoms with Crippen molar-refractivity contribution in [3.8, 4) is 16.9 Å². The SMILES string of the molecule is O=C(Oc1ccccc1C=NNC(=O)c1[nH]c2ccc(Br)cc2c1-c1ccccc1Cl)c1ccco1. The molecule has 0 aliphatic rings. The number of carbonyl (C=O) groups is 2. The fourth-order valence-electron chi connectivity index (χ4n) is 3.72. The lowest BCUT2D eigenvalue weighted by Gasteiger charge is -2.07. The number of aromatic nitrogens is 1. The summed E-state index contributed by atoms with van der Waals surface area (Å²) < 4.78 is 11.4. The molecule has 2 aromatic heterocycles. The molecule has 7 nitrogen and oxygen atoms in total. The standard InChI is InChI=1S/C27H17BrClN3O4/c28-17-11-12-21-19(14-17)24(18-7-2-3-8-20(18)29)25(31-21)26(33)32-30-15-16-6-1-4-9-22(16)36-27(34)23-10-5-13-35-23/h1-15,31H,(H,32,33). The maximum atomic E-state index is 13.2. The normalized spacial score (nSPS) is 11.2. The van der Waals surface area contributed by atoms with Crippen LogP contribution in [0.1, 0.15) is 26.6 Å². The van der Waals surface area contributed by atoms with Crippen LogP contribution < -0.4 is 10.2 Å². The summed E-state index contributed by atoms with van der Waals surface area (Å²) in [5, 5.41) is 5.44. The summed E-state index contributed by atoms with van der Waals surface area (Å²) in [7, 11) is 0. The molecule has 0 saturated carbocycles. The van der Waals surface area contributed by atoms with E-state index in [4.69, 9.17) is 20.8 Å². The number of amides is 1. The molecule has 0 aliphatic heterocycles. The van der Waals surface area contributed by atoms with Crippen molar-refractivity contribution in [2.45, 2.75) is 0 Å². The number of fused-ring (bicyclic) bond motifs is 1. The van der Waals surface area contributed by atoms with Gasteiger partial charge in [0.05, 0.1) is 12.5 Å². The highest BCUT2D eigenvalue weighted by molar-refractivity contribution is 9.10. The van der Waals surface area contributed by atoms with Crippen LogP contribution in [0.25, 0.3) is 22.0 Å². The van der Waals surface area contributed by atoms with Gasteiger partial charge in [0.25, 0.3) is 5.91 Å². The molecule has 2 heterocycles. The van der Waals surface area contributed by atoms with Crippen molar-refractivity contribution in [3.63, 3.8) is 0 Å². The van der Waals surface area contributed by atoms with Gasteiger partial charge in [0.2, 0.25) is 5.76 Å². The molecule has 0 bridgehead atoms. The van der Waals surface area contributed by atoms with Crippen LogP contribution in [-0.4, -0.2) is 23.1 Å². The number of esters is 1. The lowest BCUT2D eigenvalue weighted by atomic mass is 10.0. The Hall–Kier alpha value is -4.14. The van der Waals surface area contributed by atoms with E-state index < -0.39 is 11.9 Å². The number of hydrogen-bond donors (Lipinski definition) is 2. The number of furan rings is 1. The molecular formula is C27H17BrClN3O4. The minimum absolute atomic E-state index is 0.0765. The van der Waals surface area contributed by atoms with E-state index in [0.717, 1.165) is 15.4 Å². The van der Waals surface area contributed by atoms with E-state index in [9.17, 15) is 9.59 Å². The third kappa shape index (κ3) is 4.82. The first-order valence-corrected chi connectivity index (χ1v) is 11.9. The van der Waals surface area contributed by atoms with Crippen LogP contribution in [0.2, 0.25) is 5.02 Å². The van der Waals surface area contributed by atoms with Gasteiger partial charge in [0, 0.05) is 37.1 Å². The van der Waals surface area contributed by atoms with Crippen LogP contribution in [-0.2, 0) is 0 Å². The average molecular weight is 563 g/mol. The number of hydrazone groups is 1. The molecule has 0 saturated heterocycles. The van der Waals surface area contributed by atoms with Crippen LogP contribution in [0.4, 0.5) is 0 Å². The van der Waals surface area contributed by atoms with Crippen molar-refractivity contribution in [1.82, 2.24) is 10.4 Å². The Labute approximate surface area is 218 Å². The quantitative estimate of drug-likeness (QED) is 0.103. The van der Waals surface area contributed by atoms with Gasteiger partial charge in [-0.1, -0.05) is 57.9 Å². The van der Waals surface area contributed by atoms with Gasteiger partial charge in [-0.2, -0.15) is 5.10 Å². The van der Waals surface area contributed by atoms with E-state index >= 15 is 0 Å². The van der Waals surface area contributed by atoms with Crippen LogP contribution >= 0.6 is 27.5 Å². The average Bonchev–Trinajstić information content (AvgIpc) is 3.54. The third-order valence-corrected chi connectivity index (χ3v) is 6.17. The fraction of sp³-hybridized carbons (Fsp3) is 0. The van der Waals surface area contributed by atoms with Crippen molar-refractivity contribution in [1.29, 1.82) is 0 Å². The molecule has 0 spiro atoms. The first-order valence-electron chi connectivity index (χ1n) is 10.8. The largest absolute Gasteiger partial charge is 0.457 e. The van der Waals surface area contributed by atoms with Crippen molar-refractivity contribution in [2.75, 3.05) is 0 Å². The molecule has 3 aromatic carbocycles. The van der Waals surface area contributed by atoms with Crippen molar-refractivity contribution in [3.05, 3.63) is 112 Å². The van der Waals surface area contributed by atoms with E-state index in [2.05, 4.69) is 31.4 Å². The Morgan fingerprint density at radius 2 is 1.83 bits per heavy atom. The smallest absolute Gasteiger partial charge is 0.379 e. The lowest BCUT2D eigenvalue weighted by molar-refractivity contribution is 0.0701. The number of ether oxygens (including phenoxy) is 1. The number of carbonyl (C=O) groups excluding carboxylic acids is 2. The highest BCUT2D eigenvalue weighted by Crippen LogP contribution is 2.37. The highest BCUT2D eigenvalue weighted by Gasteiger charge is 2.21. The molecule has 5 aromatic rings. The van der Waals surface area contributed by atoms with Crippen molar-refractivity contribution in [2.24, 2.45) is 5.10 Å². The van der Waals surface area contributed by atoms with Crippen LogP contribution in [0.5, 0.6) is 5.75 Å². The minimum Gasteiger partial charge on any atom is -0.457 e. The fourth-order valence-corrected chi connectivity index (χ4v) is 4.31. The van der Waals surface area contributed by atoms with Gasteiger partial charge in [-0.3, -0.25) is 4.79 Å². The second-order valence-electron chi connectivity index (χ2n) is 7.65. The van der Waals surface area contributed by atoms with E-state index in [1.807, 2.05) is 36.4 Å². The molecule has 36 heavy (non-hydrogen) atoms. The zero-order chi connectivity index (χ0) is 25.1. The van der Waals surface area contributed by atoms with Gasteiger partial charge in [0.15, 0.2) is 0 Å². The highest BCUT2D eigenvalue weighted by atomic mass is 79.9. The number of nitrogens with zero attached hydrogens (tertiary/aromatic N) is 1. The van der Waals surface area contributed by atoms with E-state index in [-0.39, 0.29) is 11.5 Å². The molecule has 178 valence electrons. The van der Waals surface area contributed by atoms with Crippen LogP contribution in [0.15, 0.2) is 99.1 Å². The molecule has 1 amide bonds. The Balaban J connectivity index is 1.43. The minimum atomic E-state index is -0.640. The number of benzene rings is 3. The summed E-state index contributed by atoms with van der Waals surface area (Å²) in [5.74, 6) is -0.756. The molecule has 0 unspecified atom stereocenters. The number of nitrogens with one attached hydrogen (secondary N) is 2. The van der Waals surface area contributed by atoms with E-state index in [0.29, 0.717) is 27.4 Å². The maximum absolute atomic E-state index is 13.2. The zero-order valence-corrected chi connectivity index (χ0v) is 20.8. The zero-order valence-electron chi connectivity index (χ0n) is 18.5. The summed E-state index contributed by atoms with van der Waals surface area (Å²) in [4.78, 5) is 28.6. The topological polar surface area (TPSA) is 96.7 Å². The van der Waals surface area contributed by atoms with Gasteiger partial charge in [-0.25, -0.2) is 10.2 Å². The van der Waals surface area contributed by atoms with Gasteiger partial charge in [0.1, 0.15) is 11.4 Å². The van der Waals surface area contributed by atoms with Crippen molar-refractivity contribution >= 4 is 56.5 Å². The number of para-hydroxylation sites is 1. The summed E-state index contributed by atoms with van der Waals surface area (Å²) in [6, 6.07) is 22.9. The molecule has 5 rings (SSSR count). The first-order chi connectivity index (χ1) is 17.5. The Morgan fingerprint density at radius 3 is 2.64 bits per heavy atom. The molecule has 0 aliphatic carbocycles.